The molecule has 10 heteroatoms. The summed E-state index contributed by atoms with van der Waals surface area (Å²) in [4.78, 5) is 34.4. The number of amides is 1. The van der Waals surface area contributed by atoms with E-state index in [4.69, 9.17) is 9.47 Å². The molecule has 0 spiro atoms. The van der Waals surface area contributed by atoms with Crippen LogP contribution in [0.3, 0.4) is 0 Å². The van der Waals surface area contributed by atoms with Crippen LogP contribution in [0.4, 0.5) is 5.69 Å². The lowest BCUT2D eigenvalue weighted by Gasteiger charge is -2.08. The second-order valence-corrected chi connectivity index (χ2v) is 6.51. The van der Waals surface area contributed by atoms with Gasteiger partial charge in [0.1, 0.15) is 0 Å². The molecule has 0 heterocycles. The lowest BCUT2D eigenvalue weighted by molar-refractivity contribution is -0.146. The summed E-state index contributed by atoms with van der Waals surface area (Å²) in [5.74, 6) is -2.39. The number of hydrogen-bond acceptors (Lipinski definition) is 8. The minimum atomic E-state index is -3.94. The van der Waals surface area contributed by atoms with Crippen LogP contribution >= 0.6 is 0 Å². The zero-order chi connectivity index (χ0) is 19.7. The molecule has 1 amide bonds. The third kappa shape index (κ3) is 6.20. The molecule has 2 N–H and O–H groups in total. The summed E-state index contributed by atoms with van der Waals surface area (Å²) in [5, 5.41) is 2.70. The monoisotopic (exact) mass is 384 g/mol. The predicted molar refractivity (Wildman–Crippen MR) is 92.4 cm³/mol. The predicted octanol–water partition coefficient (Wildman–Crippen LogP) is 0.933. The summed E-state index contributed by atoms with van der Waals surface area (Å²) in [6, 6.07) is 5.32. The fraction of sp³-hybridized carbons (Fsp3) is 0.312. The smallest absolute Gasteiger partial charge is 0.347 e. The molecule has 0 fully saturated rings. The van der Waals surface area contributed by atoms with Crippen molar-refractivity contribution in [3.63, 3.8) is 0 Å². The highest BCUT2D eigenvalue weighted by Gasteiger charge is 2.21. The number of rotatable bonds is 8. The van der Waals surface area contributed by atoms with Gasteiger partial charge in [-0.05, 0) is 38.1 Å². The molecule has 0 bridgehead atoms. The molecule has 0 atom stereocenters. The van der Waals surface area contributed by atoms with Gasteiger partial charge in [0.05, 0.1) is 18.1 Å². The summed E-state index contributed by atoms with van der Waals surface area (Å²) >= 11 is 0. The van der Waals surface area contributed by atoms with Crippen molar-refractivity contribution in [2.45, 2.75) is 25.7 Å². The molecule has 26 heavy (non-hydrogen) atoms. The maximum atomic E-state index is 11.9. The topological polar surface area (TPSA) is 128 Å². The van der Waals surface area contributed by atoms with Gasteiger partial charge in [-0.2, -0.15) is 0 Å². The molecule has 0 aromatic heterocycles. The summed E-state index contributed by atoms with van der Waals surface area (Å²) in [5.41, 5.74) is 0.0708. The van der Waals surface area contributed by atoms with E-state index >= 15 is 0 Å². The molecular formula is C16H20N2O7S. The number of esters is 2. The van der Waals surface area contributed by atoms with Gasteiger partial charge in [0, 0.05) is 18.8 Å². The molecule has 0 saturated carbocycles. The van der Waals surface area contributed by atoms with Crippen LogP contribution in [-0.4, -0.2) is 39.5 Å². The lowest BCUT2D eigenvalue weighted by atomic mass is 10.2. The standard InChI is InChI=1S/C16H20N2O7S/c1-4-24-15(20)14(16(21)25-5-2)10-17-12-6-8-13(9-7-12)26(22,23)18-11(3)19/h6-10,17H,4-5H2,1-3H3,(H,18,19). The molecule has 1 aromatic carbocycles. The molecule has 0 saturated heterocycles. The third-order valence-corrected chi connectivity index (χ3v) is 4.27. The van der Waals surface area contributed by atoms with E-state index < -0.39 is 27.9 Å². The number of anilines is 1. The van der Waals surface area contributed by atoms with Gasteiger partial charge in [0.25, 0.3) is 10.0 Å². The van der Waals surface area contributed by atoms with E-state index in [9.17, 15) is 22.8 Å². The molecule has 9 nitrogen and oxygen atoms in total. The van der Waals surface area contributed by atoms with Gasteiger partial charge >= 0.3 is 11.9 Å². The largest absolute Gasteiger partial charge is 0.462 e. The van der Waals surface area contributed by atoms with E-state index in [0.29, 0.717) is 5.69 Å². The van der Waals surface area contributed by atoms with Gasteiger partial charge in [-0.3, -0.25) is 4.79 Å². The fourth-order valence-electron chi connectivity index (χ4n) is 1.75. The van der Waals surface area contributed by atoms with Gasteiger partial charge in [-0.1, -0.05) is 0 Å². The number of nitrogens with one attached hydrogen (secondary N) is 2. The molecule has 0 aliphatic rings. The SMILES string of the molecule is CCOC(=O)C(=CNc1ccc(S(=O)(=O)NC(C)=O)cc1)C(=O)OCC. The first kappa shape index (κ1) is 21.2. The maximum absolute atomic E-state index is 11.9. The Kier molecular flexibility index (Phi) is 7.78. The Balaban J connectivity index is 2.98. The van der Waals surface area contributed by atoms with Crippen molar-refractivity contribution < 1.29 is 32.3 Å². The van der Waals surface area contributed by atoms with Crippen molar-refractivity contribution in [2.75, 3.05) is 18.5 Å². The van der Waals surface area contributed by atoms with Gasteiger partial charge in [-0.25, -0.2) is 22.7 Å². The highest BCUT2D eigenvalue weighted by Crippen LogP contribution is 2.15. The Labute approximate surface area is 151 Å². The fourth-order valence-corrected chi connectivity index (χ4v) is 2.74. The molecule has 0 aliphatic carbocycles. The van der Waals surface area contributed by atoms with E-state index in [1.807, 2.05) is 4.72 Å². The van der Waals surface area contributed by atoms with E-state index in [0.717, 1.165) is 13.1 Å². The van der Waals surface area contributed by atoms with Crippen LogP contribution in [0.15, 0.2) is 40.9 Å². The van der Waals surface area contributed by atoms with Crippen LogP contribution in [0.5, 0.6) is 0 Å². The second-order valence-electron chi connectivity index (χ2n) is 4.83. The quantitative estimate of drug-likeness (QED) is 0.293. The molecule has 0 aliphatic heterocycles. The second kappa shape index (κ2) is 9.56. The number of carbonyl (C=O) groups is 3. The zero-order valence-electron chi connectivity index (χ0n) is 14.6. The van der Waals surface area contributed by atoms with Gasteiger partial charge in [0.2, 0.25) is 5.91 Å². The Morgan fingerprint density at radius 1 is 1.00 bits per heavy atom. The lowest BCUT2D eigenvalue weighted by Crippen LogP contribution is -2.28. The first-order chi connectivity index (χ1) is 12.2. The highest BCUT2D eigenvalue weighted by atomic mass is 32.2. The molecule has 0 unspecified atom stereocenters. The first-order valence-electron chi connectivity index (χ1n) is 7.65. The average molecular weight is 384 g/mol. The minimum absolute atomic E-state index is 0.0886. The number of sulfonamides is 1. The minimum Gasteiger partial charge on any atom is -0.462 e. The van der Waals surface area contributed by atoms with E-state index in [1.165, 1.54) is 24.3 Å². The molecule has 0 radical (unpaired) electrons. The van der Waals surface area contributed by atoms with Crippen LogP contribution in [0.1, 0.15) is 20.8 Å². The van der Waals surface area contributed by atoms with Crippen molar-refractivity contribution in [1.29, 1.82) is 0 Å². The molecular weight excluding hydrogens is 364 g/mol. The number of ether oxygens (including phenoxy) is 2. The summed E-state index contributed by atoms with van der Waals surface area (Å²) in [7, 11) is -3.94. The molecule has 142 valence electrons. The number of hydrogen-bond donors (Lipinski definition) is 2. The Hall–Kier alpha value is -2.88. The third-order valence-electron chi connectivity index (χ3n) is 2.82. The van der Waals surface area contributed by atoms with E-state index in [-0.39, 0.29) is 23.7 Å². The van der Waals surface area contributed by atoms with E-state index in [1.54, 1.807) is 13.8 Å². The van der Waals surface area contributed by atoms with Crippen LogP contribution in [0.2, 0.25) is 0 Å². The normalized spacial score (nSPS) is 10.4. The molecule has 1 rings (SSSR count). The summed E-state index contributed by atoms with van der Waals surface area (Å²) in [6.07, 6.45) is 1.12. The Morgan fingerprint density at radius 3 is 1.92 bits per heavy atom. The zero-order valence-corrected chi connectivity index (χ0v) is 15.4. The number of benzene rings is 1. The first-order valence-corrected chi connectivity index (χ1v) is 9.14. The molecule has 1 aromatic rings. The highest BCUT2D eigenvalue weighted by molar-refractivity contribution is 7.90. The summed E-state index contributed by atoms with van der Waals surface area (Å²) < 4.78 is 35.1. The van der Waals surface area contributed by atoms with Gasteiger partial charge in [0.15, 0.2) is 5.57 Å². The van der Waals surface area contributed by atoms with Gasteiger partial charge in [-0.15, -0.1) is 0 Å². The van der Waals surface area contributed by atoms with Crippen LogP contribution in [0, 0.1) is 0 Å². The Morgan fingerprint density at radius 2 is 1.50 bits per heavy atom. The maximum Gasteiger partial charge on any atom is 0.347 e. The van der Waals surface area contributed by atoms with Gasteiger partial charge < -0.3 is 14.8 Å². The van der Waals surface area contributed by atoms with Crippen molar-refractivity contribution in [2.24, 2.45) is 0 Å². The summed E-state index contributed by atoms with van der Waals surface area (Å²) in [6.45, 7) is 4.46. The van der Waals surface area contributed by atoms with Crippen molar-refractivity contribution in [3.8, 4) is 0 Å². The van der Waals surface area contributed by atoms with Crippen molar-refractivity contribution in [1.82, 2.24) is 4.72 Å². The van der Waals surface area contributed by atoms with Crippen LogP contribution in [-0.2, 0) is 33.9 Å². The van der Waals surface area contributed by atoms with Crippen molar-refractivity contribution in [3.05, 3.63) is 36.0 Å². The van der Waals surface area contributed by atoms with Crippen molar-refractivity contribution >= 4 is 33.6 Å². The number of carbonyl (C=O) groups excluding carboxylic acids is 3. The Bertz CT molecular complexity index is 778. The van der Waals surface area contributed by atoms with Crippen LogP contribution in [0.25, 0.3) is 0 Å². The van der Waals surface area contributed by atoms with E-state index in [2.05, 4.69) is 5.32 Å². The average Bonchev–Trinajstić information content (AvgIpc) is 2.55. The van der Waals surface area contributed by atoms with Crippen LogP contribution < -0.4 is 10.0 Å².